The van der Waals surface area contributed by atoms with Crippen molar-refractivity contribution in [1.29, 1.82) is 0 Å². The summed E-state index contributed by atoms with van der Waals surface area (Å²) >= 11 is 0. The number of nitrogens with one attached hydrogen (secondary N) is 1. The van der Waals surface area contributed by atoms with Crippen molar-refractivity contribution in [2.75, 3.05) is 0 Å². The Labute approximate surface area is 74.4 Å². The fourth-order valence-corrected chi connectivity index (χ4v) is 1.73. The molecule has 0 amide bonds. The molecule has 0 aliphatic rings. The van der Waals surface area contributed by atoms with Crippen LogP contribution in [0.1, 0.15) is 44.6 Å². The van der Waals surface area contributed by atoms with Crippen LogP contribution in [-0.2, 0) is 11.8 Å². The predicted molar refractivity (Wildman–Crippen MR) is 51.4 cm³/mol. The Hall–Kier alpha value is -0.790. The van der Waals surface area contributed by atoms with Gasteiger partial charge >= 0.3 is 0 Å². The summed E-state index contributed by atoms with van der Waals surface area (Å²) in [5.41, 5.74) is 4.01. The van der Waals surface area contributed by atoms with Crippen molar-refractivity contribution in [1.82, 2.24) is 10.2 Å². The summed E-state index contributed by atoms with van der Waals surface area (Å²) in [6.45, 7) is 10.9. The van der Waals surface area contributed by atoms with Crippen molar-refractivity contribution >= 4 is 0 Å². The maximum Gasteiger partial charge on any atom is 0.0659 e. The van der Waals surface area contributed by atoms with E-state index in [9.17, 15) is 0 Å². The van der Waals surface area contributed by atoms with E-state index in [0.717, 1.165) is 6.42 Å². The van der Waals surface area contributed by atoms with Gasteiger partial charge in [-0.1, -0.05) is 27.7 Å². The first-order chi connectivity index (χ1) is 5.46. The summed E-state index contributed by atoms with van der Waals surface area (Å²) < 4.78 is 0. The van der Waals surface area contributed by atoms with Crippen LogP contribution >= 0.6 is 0 Å². The fourth-order valence-electron chi connectivity index (χ4n) is 1.73. The zero-order chi connectivity index (χ0) is 9.35. The molecule has 0 spiro atoms. The Kier molecular flexibility index (Phi) is 2.27. The lowest BCUT2D eigenvalue weighted by Crippen LogP contribution is -2.14. The maximum atomic E-state index is 4.28. The van der Waals surface area contributed by atoms with Crippen molar-refractivity contribution < 1.29 is 0 Å². The second kappa shape index (κ2) is 2.92. The molecule has 1 N–H and O–H groups in total. The molecule has 0 unspecified atom stereocenters. The summed E-state index contributed by atoms with van der Waals surface area (Å²) in [5, 5.41) is 7.32. The summed E-state index contributed by atoms with van der Waals surface area (Å²) in [7, 11) is 0. The molecule has 2 nitrogen and oxygen atoms in total. The van der Waals surface area contributed by atoms with Crippen LogP contribution in [0.5, 0.6) is 0 Å². The summed E-state index contributed by atoms with van der Waals surface area (Å²) in [4.78, 5) is 0. The summed E-state index contributed by atoms with van der Waals surface area (Å²) in [6, 6.07) is 0. The Bertz CT molecular complexity index is 266. The van der Waals surface area contributed by atoms with Gasteiger partial charge in [-0.3, -0.25) is 5.10 Å². The lowest BCUT2D eigenvalue weighted by molar-refractivity contribution is 0.579. The number of aromatic nitrogens is 2. The largest absolute Gasteiger partial charge is 0.282 e. The first-order valence-electron chi connectivity index (χ1n) is 4.51. The minimum Gasteiger partial charge on any atom is -0.282 e. The van der Waals surface area contributed by atoms with Crippen LogP contribution in [0, 0.1) is 6.92 Å². The van der Waals surface area contributed by atoms with Gasteiger partial charge in [-0.15, -0.1) is 0 Å². The topological polar surface area (TPSA) is 28.7 Å². The Balaban J connectivity index is 3.19. The van der Waals surface area contributed by atoms with Crippen LogP contribution in [0.3, 0.4) is 0 Å². The zero-order valence-corrected chi connectivity index (χ0v) is 8.65. The minimum atomic E-state index is 0.211. The molecule has 0 bridgehead atoms. The lowest BCUT2D eigenvalue weighted by atomic mass is 9.85. The van der Waals surface area contributed by atoms with Gasteiger partial charge in [0.15, 0.2) is 0 Å². The van der Waals surface area contributed by atoms with Crippen molar-refractivity contribution in [3.8, 4) is 0 Å². The van der Waals surface area contributed by atoms with E-state index < -0.39 is 0 Å². The predicted octanol–water partition coefficient (Wildman–Crippen LogP) is 2.58. The molecule has 0 saturated heterocycles. The first-order valence-corrected chi connectivity index (χ1v) is 4.51. The molecule has 12 heavy (non-hydrogen) atoms. The molecule has 1 aromatic rings. The molecule has 2 heteroatoms. The highest BCUT2D eigenvalue weighted by molar-refractivity contribution is 5.31. The molecule has 1 rings (SSSR count). The second-order valence-electron chi connectivity index (χ2n) is 4.27. The third kappa shape index (κ3) is 1.52. The van der Waals surface area contributed by atoms with Crippen LogP contribution < -0.4 is 0 Å². The van der Waals surface area contributed by atoms with E-state index in [-0.39, 0.29) is 5.41 Å². The number of nitrogens with zero attached hydrogens (tertiary/aromatic N) is 1. The molecule has 0 aliphatic heterocycles. The second-order valence-corrected chi connectivity index (χ2v) is 4.27. The third-order valence-corrected chi connectivity index (χ3v) is 2.11. The molecule has 0 aliphatic carbocycles. The van der Waals surface area contributed by atoms with Gasteiger partial charge in [-0.05, 0) is 18.8 Å². The maximum absolute atomic E-state index is 4.28. The fraction of sp³-hybridized carbons (Fsp3) is 0.700. The highest BCUT2D eigenvalue weighted by atomic mass is 15.1. The quantitative estimate of drug-likeness (QED) is 0.682. The molecule has 0 saturated carbocycles. The van der Waals surface area contributed by atoms with Gasteiger partial charge in [-0.2, -0.15) is 5.10 Å². The average Bonchev–Trinajstić information content (AvgIpc) is 2.29. The van der Waals surface area contributed by atoms with Gasteiger partial charge in [0.1, 0.15) is 0 Å². The molecule has 0 radical (unpaired) electrons. The number of hydrogen-bond acceptors (Lipinski definition) is 1. The van der Waals surface area contributed by atoms with E-state index >= 15 is 0 Å². The van der Waals surface area contributed by atoms with Gasteiger partial charge in [0.2, 0.25) is 0 Å². The van der Waals surface area contributed by atoms with E-state index in [4.69, 9.17) is 0 Å². The lowest BCUT2D eigenvalue weighted by Gasteiger charge is -2.19. The van der Waals surface area contributed by atoms with Gasteiger partial charge in [0.05, 0.1) is 5.69 Å². The molecule has 0 fully saturated rings. The van der Waals surface area contributed by atoms with Crippen LogP contribution in [0.2, 0.25) is 0 Å². The van der Waals surface area contributed by atoms with E-state index in [2.05, 4.69) is 44.8 Å². The van der Waals surface area contributed by atoms with Gasteiger partial charge in [0.25, 0.3) is 0 Å². The van der Waals surface area contributed by atoms with Gasteiger partial charge in [0, 0.05) is 11.3 Å². The molecular formula is C10H18N2. The van der Waals surface area contributed by atoms with Crippen molar-refractivity contribution in [2.45, 2.75) is 46.5 Å². The third-order valence-electron chi connectivity index (χ3n) is 2.11. The Morgan fingerprint density at radius 3 is 2.25 bits per heavy atom. The van der Waals surface area contributed by atoms with Crippen molar-refractivity contribution in [3.05, 3.63) is 17.0 Å². The SMILES string of the molecule is CCc1n[nH]c(C)c1C(C)(C)C. The van der Waals surface area contributed by atoms with E-state index in [1.54, 1.807) is 0 Å². The number of aromatic amines is 1. The molecule has 1 heterocycles. The Morgan fingerprint density at radius 1 is 1.33 bits per heavy atom. The van der Waals surface area contributed by atoms with Crippen LogP contribution in [0.15, 0.2) is 0 Å². The standard InChI is InChI=1S/C10H18N2/c1-6-8-9(10(3,4)5)7(2)11-12-8/h6H2,1-5H3,(H,11,12). The zero-order valence-electron chi connectivity index (χ0n) is 8.65. The number of H-pyrrole nitrogens is 1. The normalized spacial score (nSPS) is 12.1. The van der Waals surface area contributed by atoms with Crippen LogP contribution in [0.4, 0.5) is 0 Å². The average molecular weight is 166 g/mol. The van der Waals surface area contributed by atoms with Gasteiger partial charge < -0.3 is 0 Å². The monoisotopic (exact) mass is 166 g/mol. The molecule has 0 aromatic carbocycles. The summed E-state index contributed by atoms with van der Waals surface area (Å²) in [5.74, 6) is 0. The van der Waals surface area contributed by atoms with E-state index in [1.165, 1.54) is 17.0 Å². The molecule has 1 aromatic heterocycles. The van der Waals surface area contributed by atoms with Crippen molar-refractivity contribution in [2.24, 2.45) is 0 Å². The Morgan fingerprint density at radius 2 is 1.92 bits per heavy atom. The van der Waals surface area contributed by atoms with Gasteiger partial charge in [-0.25, -0.2) is 0 Å². The van der Waals surface area contributed by atoms with Crippen LogP contribution in [0.25, 0.3) is 0 Å². The van der Waals surface area contributed by atoms with E-state index in [1.807, 2.05) is 0 Å². The number of rotatable bonds is 1. The smallest absolute Gasteiger partial charge is 0.0659 e. The van der Waals surface area contributed by atoms with Crippen molar-refractivity contribution in [3.63, 3.8) is 0 Å². The minimum absolute atomic E-state index is 0.211. The molecular weight excluding hydrogens is 148 g/mol. The molecule has 68 valence electrons. The first kappa shape index (κ1) is 9.30. The highest BCUT2D eigenvalue weighted by Gasteiger charge is 2.21. The number of aryl methyl sites for hydroxylation is 2. The highest BCUT2D eigenvalue weighted by Crippen LogP contribution is 2.27. The molecule has 0 atom stereocenters. The summed E-state index contributed by atoms with van der Waals surface area (Å²) in [6.07, 6.45) is 1.01. The number of hydrogen-bond donors (Lipinski definition) is 1. The van der Waals surface area contributed by atoms with E-state index in [0.29, 0.717) is 0 Å². The van der Waals surface area contributed by atoms with Crippen LogP contribution in [-0.4, -0.2) is 10.2 Å².